The molecule has 0 fully saturated rings. The molecule has 190 valence electrons. The number of carbonyl (C=O) groups is 2. The average Bonchev–Trinajstić information content (AvgIpc) is 2.87. The zero-order valence-electron chi connectivity index (χ0n) is 20.5. The summed E-state index contributed by atoms with van der Waals surface area (Å²) in [6, 6.07) is 20.3. The van der Waals surface area contributed by atoms with E-state index in [4.69, 9.17) is 9.47 Å². The molecule has 0 aromatic heterocycles. The van der Waals surface area contributed by atoms with Gasteiger partial charge in [0, 0.05) is 6.07 Å². The molecule has 0 spiro atoms. The third-order valence-corrected chi connectivity index (χ3v) is 6.58. The predicted octanol–water partition coefficient (Wildman–Crippen LogP) is 3.60. The third kappa shape index (κ3) is 6.54. The summed E-state index contributed by atoms with van der Waals surface area (Å²) in [6.45, 7) is 1.35. The highest BCUT2D eigenvalue weighted by Crippen LogP contribution is 2.32. The largest absolute Gasteiger partial charge is 0.493 e. The number of nitrogens with zero attached hydrogens (tertiary/aromatic N) is 1. The van der Waals surface area contributed by atoms with E-state index >= 15 is 0 Å². The lowest BCUT2D eigenvalue weighted by atomic mass is 10.1. The van der Waals surface area contributed by atoms with Crippen molar-refractivity contribution >= 4 is 33.2 Å². The van der Waals surface area contributed by atoms with Crippen molar-refractivity contribution < 1.29 is 27.5 Å². The lowest BCUT2D eigenvalue weighted by molar-refractivity contribution is -0.114. The van der Waals surface area contributed by atoms with Crippen molar-refractivity contribution in [2.45, 2.75) is 13.0 Å². The van der Waals surface area contributed by atoms with E-state index < -0.39 is 22.5 Å². The summed E-state index contributed by atoms with van der Waals surface area (Å²) in [5.41, 5.74) is 1.69. The van der Waals surface area contributed by atoms with Gasteiger partial charge in [0.05, 0.1) is 43.5 Å². The minimum atomic E-state index is -3.83. The van der Waals surface area contributed by atoms with Crippen LogP contribution in [0.2, 0.25) is 0 Å². The van der Waals surface area contributed by atoms with Gasteiger partial charge in [0.2, 0.25) is 15.9 Å². The van der Waals surface area contributed by atoms with Gasteiger partial charge in [-0.25, -0.2) is 8.42 Å². The zero-order chi connectivity index (χ0) is 26.3. The topological polar surface area (TPSA) is 114 Å². The molecule has 0 aliphatic rings. The van der Waals surface area contributed by atoms with Gasteiger partial charge in [0.25, 0.3) is 5.91 Å². The predicted molar refractivity (Wildman–Crippen MR) is 139 cm³/mol. The van der Waals surface area contributed by atoms with Crippen molar-refractivity contribution in [3.05, 3.63) is 83.9 Å². The number of para-hydroxylation sites is 1. The molecule has 9 nitrogen and oxygen atoms in total. The minimum Gasteiger partial charge on any atom is -0.493 e. The van der Waals surface area contributed by atoms with E-state index in [1.54, 1.807) is 30.3 Å². The van der Waals surface area contributed by atoms with E-state index in [-0.39, 0.29) is 28.9 Å². The van der Waals surface area contributed by atoms with Gasteiger partial charge >= 0.3 is 0 Å². The van der Waals surface area contributed by atoms with Gasteiger partial charge in [-0.15, -0.1) is 0 Å². The molecule has 3 rings (SSSR count). The molecule has 2 N–H and O–H groups in total. The minimum absolute atomic E-state index is 0.230. The van der Waals surface area contributed by atoms with Gasteiger partial charge in [-0.2, -0.15) is 0 Å². The molecule has 2 amide bonds. The highest BCUT2D eigenvalue weighted by molar-refractivity contribution is 7.92. The maximum atomic E-state index is 13.0. The van der Waals surface area contributed by atoms with Crippen LogP contribution in [-0.4, -0.2) is 47.3 Å². The number of anilines is 2. The summed E-state index contributed by atoms with van der Waals surface area (Å²) in [6.07, 6.45) is 1.00. The maximum absolute atomic E-state index is 13.0. The molecule has 3 aromatic rings. The van der Waals surface area contributed by atoms with E-state index in [0.717, 1.165) is 16.1 Å². The Hall–Kier alpha value is -4.05. The van der Waals surface area contributed by atoms with Crippen LogP contribution in [0.15, 0.2) is 72.8 Å². The Kier molecular flexibility index (Phi) is 8.55. The van der Waals surface area contributed by atoms with E-state index in [9.17, 15) is 18.0 Å². The number of methoxy groups -OCH3 is 2. The molecule has 36 heavy (non-hydrogen) atoms. The van der Waals surface area contributed by atoms with Crippen LogP contribution in [0.1, 0.15) is 28.9 Å². The second-order valence-corrected chi connectivity index (χ2v) is 9.92. The molecule has 1 unspecified atom stereocenters. The van der Waals surface area contributed by atoms with Gasteiger partial charge < -0.3 is 20.1 Å². The van der Waals surface area contributed by atoms with Crippen LogP contribution in [-0.2, 0) is 14.8 Å². The Bertz CT molecular complexity index is 1330. The number of hydrogen-bond acceptors (Lipinski definition) is 6. The fourth-order valence-electron chi connectivity index (χ4n) is 3.59. The molecule has 10 heteroatoms. The number of rotatable bonds is 10. The third-order valence-electron chi connectivity index (χ3n) is 5.44. The second-order valence-electron chi connectivity index (χ2n) is 8.01. The zero-order valence-corrected chi connectivity index (χ0v) is 21.3. The number of sulfonamides is 1. The molecule has 0 heterocycles. The highest BCUT2D eigenvalue weighted by atomic mass is 32.2. The fourth-order valence-corrected chi connectivity index (χ4v) is 4.44. The molecule has 0 saturated heterocycles. The number of nitrogens with one attached hydrogen (secondary N) is 2. The first-order valence-electron chi connectivity index (χ1n) is 11.1. The van der Waals surface area contributed by atoms with Crippen molar-refractivity contribution in [3.63, 3.8) is 0 Å². The summed E-state index contributed by atoms with van der Waals surface area (Å²) in [5, 5.41) is 5.58. The molecule has 0 saturated carbocycles. The molecule has 0 bridgehead atoms. The standard InChI is InChI=1S/C26H29N3O6S/c1-18(19-10-6-5-7-11-19)27-26(31)21-12-8-9-13-22(21)28-25(30)17-29(36(4,32)33)20-14-15-23(34-2)24(16-20)35-3/h5-16,18H,17H2,1-4H3,(H,27,31)(H,28,30). The van der Waals surface area contributed by atoms with Crippen LogP contribution >= 0.6 is 0 Å². The maximum Gasteiger partial charge on any atom is 0.253 e. The van der Waals surface area contributed by atoms with Crippen LogP contribution in [0.5, 0.6) is 11.5 Å². The highest BCUT2D eigenvalue weighted by Gasteiger charge is 2.23. The molecule has 0 aliphatic heterocycles. The summed E-state index contributed by atoms with van der Waals surface area (Å²) in [5.74, 6) is -0.254. The second kappa shape index (κ2) is 11.6. The van der Waals surface area contributed by atoms with E-state index in [1.165, 1.54) is 26.4 Å². The lowest BCUT2D eigenvalue weighted by Crippen LogP contribution is -2.37. The van der Waals surface area contributed by atoms with Gasteiger partial charge in [-0.1, -0.05) is 42.5 Å². The lowest BCUT2D eigenvalue weighted by Gasteiger charge is -2.23. The van der Waals surface area contributed by atoms with Crippen LogP contribution < -0.4 is 24.4 Å². The smallest absolute Gasteiger partial charge is 0.253 e. The van der Waals surface area contributed by atoms with E-state index in [2.05, 4.69) is 10.6 Å². The molecule has 0 aliphatic carbocycles. The Balaban J connectivity index is 1.79. The summed E-state index contributed by atoms with van der Waals surface area (Å²) >= 11 is 0. The number of ether oxygens (including phenoxy) is 2. The Labute approximate surface area is 211 Å². The average molecular weight is 512 g/mol. The quantitative estimate of drug-likeness (QED) is 0.430. The van der Waals surface area contributed by atoms with Crippen molar-refractivity contribution in [3.8, 4) is 11.5 Å². The van der Waals surface area contributed by atoms with E-state index in [1.807, 2.05) is 37.3 Å². The summed E-state index contributed by atoms with van der Waals surface area (Å²) < 4.78 is 36.4. The number of amides is 2. The van der Waals surface area contributed by atoms with Crippen LogP contribution in [0.4, 0.5) is 11.4 Å². The Morgan fingerprint density at radius 1 is 0.917 bits per heavy atom. The monoisotopic (exact) mass is 511 g/mol. The first-order valence-corrected chi connectivity index (χ1v) is 12.9. The molecular formula is C26H29N3O6S. The molecule has 0 radical (unpaired) electrons. The number of benzene rings is 3. The molecule has 1 atom stereocenters. The van der Waals surface area contributed by atoms with Crippen LogP contribution in [0, 0.1) is 0 Å². The van der Waals surface area contributed by atoms with Gasteiger partial charge in [-0.3, -0.25) is 13.9 Å². The van der Waals surface area contributed by atoms with Crippen molar-refractivity contribution in [1.29, 1.82) is 0 Å². The van der Waals surface area contributed by atoms with E-state index in [0.29, 0.717) is 11.5 Å². The number of hydrogen-bond donors (Lipinski definition) is 2. The van der Waals surface area contributed by atoms with Crippen molar-refractivity contribution in [2.75, 3.05) is 36.6 Å². The van der Waals surface area contributed by atoms with Crippen LogP contribution in [0.3, 0.4) is 0 Å². The normalized spacial score (nSPS) is 11.8. The first kappa shape index (κ1) is 26.6. The Morgan fingerprint density at radius 2 is 1.56 bits per heavy atom. The summed E-state index contributed by atoms with van der Waals surface area (Å²) in [4.78, 5) is 25.9. The fraction of sp³-hybridized carbons (Fsp3) is 0.231. The first-order chi connectivity index (χ1) is 17.1. The Morgan fingerprint density at radius 3 is 2.19 bits per heavy atom. The summed E-state index contributed by atoms with van der Waals surface area (Å²) in [7, 11) is -0.930. The van der Waals surface area contributed by atoms with Gasteiger partial charge in [-0.05, 0) is 36.8 Å². The van der Waals surface area contributed by atoms with Crippen molar-refractivity contribution in [2.24, 2.45) is 0 Å². The number of carbonyl (C=O) groups excluding carboxylic acids is 2. The molecular weight excluding hydrogens is 482 g/mol. The van der Waals surface area contributed by atoms with Crippen LogP contribution in [0.25, 0.3) is 0 Å². The molecule has 3 aromatic carbocycles. The van der Waals surface area contributed by atoms with Gasteiger partial charge in [0.1, 0.15) is 6.54 Å². The SMILES string of the molecule is COc1ccc(N(CC(=O)Nc2ccccc2C(=O)NC(C)c2ccccc2)S(C)(=O)=O)cc1OC. The van der Waals surface area contributed by atoms with Crippen molar-refractivity contribution in [1.82, 2.24) is 5.32 Å². The van der Waals surface area contributed by atoms with Gasteiger partial charge in [0.15, 0.2) is 11.5 Å².